The second-order valence-electron chi connectivity index (χ2n) is 3.56. The highest BCUT2D eigenvalue weighted by Gasteiger charge is 2.20. The first kappa shape index (κ1) is 17.3. The Hall–Kier alpha value is -1.68. The Bertz CT molecular complexity index is 342. The van der Waals surface area contributed by atoms with Gasteiger partial charge in [-0.1, -0.05) is 6.08 Å². The maximum atomic E-state index is 11.8. The average molecular weight is 285 g/mol. The zero-order valence-corrected chi connectivity index (χ0v) is 11.8. The molecule has 0 bridgehead atoms. The molecule has 0 fully saturated rings. The third-order valence-corrected chi connectivity index (χ3v) is 2.70. The summed E-state index contributed by atoms with van der Waals surface area (Å²) < 4.78 is 4.87. The van der Waals surface area contributed by atoms with Crippen molar-refractivity contribution in [3.05, 3.63) is 12.7 Å². The fourth-order valence-corrected chi connectivity index (χ4v) is 1.70. The third kappa shape index (κ3) is 8.97. The summed E-state index contributed by atoms with van der Waals surface area (Å²) in [7, 11) is 0. The van der Waals surface area contributed by atoms with Crippen LogP contribution in [0.1, 0.15) is 12.8 Å². The van der Waals surface area contributed by atoms with Crippen molar-refractivity contribution in [1.82, 2.24) is 10.6 Å². The molecule has 2 N–H and O–H groups in total. The minimum atomic E-state index is -0.662. The van der Waals surface area contributed by atoms with E-state index in [9.17, 15) is 9.59 Å². The van der Waals surface area contributed by atoms with Crippen LogP contribution in [0, 0.1) is 11.3 Å². The third-order valence-electron chi connectivity index (χ3n) is 2.03. The van der Waals surface area contributed by atoms with Gasteiger partial charge in [0.05, 0.1) is 19.1 Å². The van der Waals surface area contributed by atoms with Crippen LogP contribution in [0.2, 0.25) is 0 Å². The van der Waals surface area contributed by atoms with Crippen molar-refractivity contribution in [2.45, 2.75) is 18.9 Å². The van der Waals surface area contributed by atoms with Crippen molar-refractivity contribution in [3.63, 3.8) is 0 Å². The van der Waals surface area contributed by atoms with Gasteiger partial charge in [0.25, 0.3) is 0 Å². The van der Waals surface area contributed by atoms with E-state index in [1.54, 1.807) is 6.08 Å². The monoisotopic (exact) mass is 285 g/mol. The molecule has 0 heterocycles. The van der Waals surface area contributed by atoms with E-state index in [0.717, 1.165) is 0 Å². The summed E-state index contributed by atoms with van der Waals surface area (Å²) in [6.45, 7) is 4.02. The number of hydrogen-bond donors (Lipinski definition) is 2. The van der Waals surface area contributed by atoms with Crippen molar-refractivity contribution in [2.75, 3.05) is 25.2 Å². The number of alkyl carbamates (subject to hydrolysis) is 1. The Morgan fingerprint density at radius 1 is 1.58 bits per heavy atom. The molecular weight excluding hydrogens is 266 g/mol. The molecule has 0 aliphatic carbocycles. The number of carbonyl (C=O) groups excluding carboxylic acids is 2. The van der Waals surface area contributed by atoms with E-state index >= 15 is 0 Å². The van der Waals surface area contributed by atoms with Crippen LogP contribution in [0.4, 0.5) is 4.79 Å². The lowest BCUT2D eigenvalue weighted by molar-refractivity contribution is -0.122. The number of nitriles is 1. The highest BCUT2D eigenvalue weighted by Crippen LogP contribution is 1.99. The van der Waals surface area contributed by atoms with Crippen LogP contribution in [0.15, 0.2) is 12.7 Å². The molecule has 19 heavy (non-hydrogen) atoms. The van der Waals surface area contributed by atoms with Gasteiger partial charge >= 0.3 is 6.09 Å². The molecule has 0 aliphatic heterocycles. The number of rotatable bonds is 9. The van der Waals surface area contributed by atoms with Crippen molar-refractivity contribution in [2.24, 2.45) is 0 Å². The fraction of sp³-hybridized carbons (Fsp3) is 0.583. The van der Waals surface area contributed by atoms with Gasteiger partial charge < -0.3 is 15.4 Å². The van der Waals surface area contributed by atoms with Crippen LogP contribution in [0.3, 0.4) is 0 Å². The van der Waals surface area contributed by atoms with Crippen LogP contribution in [0.5, 0.6) is 0 Å². The minimum absolute atomic E-state index is 0.234. The Morgan fingerprint density at radius 2 is 2.32 bits per heavy atom. The summed E-state index contributed by atoms with van der Waals surface area (Å²) in [5.41, 5.74) is 0. The maximum absolute atomic E-state index is 11.8. The largest absolute Gasteiger partial charge is 0.449 e. The van der Waals surface area contributed by atoms with Crippen molar-refractivity contribution in [3.8, 4) is 6.07 Å². The number of hydrogen-bond acceptors (Lipinski definition) is 5. The van der Waals surface area contributed by atoms with Crippen LogP contribution in [0.25, 0.3) is 0 Å². The van der Waals surface area contributed by atoms with E-state index < -0.39 is 12.1 Å². The summed E-state index contributed by atoms with van der Waals surface area (Å²) >= 11 is 1.44. The van der Waals surface area contributed by atoms with Gasteiger partial charge in [-0.2, -0.15) is 17.0 Å². The van der Waals surface area contributed by atoms with Crippen molar-refractivity contribution >= 4 is 23.8 Å². The molecule has 2 amide bonds. The second kappa shape index (κ2) is 11.4. The fourth-order valence-electron chi connectivity index (χ4n) is 1.13. The van der Waals surface area contributed by atoms with E-state index in [1.807, 2.05) is 12.3 Å². The van der Waals surface area contributed by atoms with E-state index in [4.69, 9.17) is 10.00 Å². The van der Waals surface area contributed by atoms with Crippen molar-refractivity contribution in [1.29, 1.82) is 5.26 Å². The molecule has 1 atom stereocenters. The lowest BCUT2D eigenvalue weighted by Gasteiger charge is -2.16. The second-order valence-corrected chi connectivity index (χ2v) is 4.48. The molecule has 106 valence electrons. The van der Waals surface area contributed by atoms with E-state index in [1.165, 1.54) is 11.8 Å². The zero-order valence-electron chi connectivity index (χ0n) is 11.0. The molecule has 0 aliphatic rings. The molecule has 0 spiro atoms. The quantitative estimate of drug-likeness (QED) is 0.488. The predicted octanol–water partition coefficient (Wildman–Crippen LogP) is 1.05. The molecule has 0 aromatic carbocycles. The first-order valence-corrected chi connectivity index (χ1v) is 7.22. The van der Waals surface area contributed by atoms with Gasteiger partial charge in [-0.3, -0.25) is 4.79 Å². The van der Waals surface area contributed by atoms with Crippen LogP contribution >= 0.6 is 11.8 Å². The summed E-state index contributed by atoms with van der Waals surface area (Å²) in [4.78, 5) is 23.2. The Kier molecular flexibility index (Phi) is 10.4. The van der Waals surface area contributed by atoms with Crippen LogP contribution < -0.4 is 10.6 Å². The zero-order chi connectivity index (χ0) is 14.5. The Balaban J connectivity index is 4.15. The minimum Gasteiger partial charge on any atom is -0.449 e. The number of ether oxygens (including phenoxy) is 1. The van der Waals surface area contributed by atoms with Crippen LogP contribution in [-0.4, -0.2) is 43.2 Å². The normalized spacial score (nSPS) is 10.9. The molecule has 0 radical (unpaired) electrons. The number of amides is 2. The predicted molar refractivity (Wildman–Crippen MR) is 74.7 cm³/mol. The average Bonchev–Trinajstić information content (AvgIpc) is 2.38. The van der Waals surface area contributed by atoms with Crippen molar-refractivity contribution < 1.29 is 14.3 Å². The molecule has 0 aromatic heterocycles. The first-order chi connectivity index (χ1) is 9.15. The number of carbonyl (C=O) groups is 2. The number of nitrogens with one attached hydrogen (secondary N) is 2. The lowest BCUT2D eigenvalue weighted by Crippen LogP contribution is -2.48. The van der Waals surface area contributed by atoms with Gasteiger partial charge in [0.1, 0.15) is 6.04 Å². The molecule has 0 rings (SSSR count). The first-order valence-electron chi connectivity index (χ1n) is 5.83. The molecule has 6 nitrogen and oxygen atoms in total. The highest BCUT2D eigenvalue weighted by atomic mass is 32.2. The van der Waals surface area contributed by atoms with E-state index in [2.05, 4.69) is 17.2 Å². The van der Waals surface area contributed by atoms with E-state index in [-0.39, 0.29) is 25.5 Å². The Labute approximate surface area is 117 Å². The summed E-state index contributed by atoms with van der Waals surface area (Å²) in [6, 6.07) is 1.27. The number of nitrogens with zero attached hydrogens (tertiary/aromatic N) is 1. The molecule has 1 unspecified atom stereocenters. The van der Waals surface area contributed by atoms with Gasteiger partial charge in [0.15, 0.2) is 0 Å². The Morgan fingerprint density at radius 3 is 2.89 bits per heavy atom. The van der Waals surface area contributed by atoms with Gasteiger partial charge in [-0.25, -0.2) is 4.79 Å². The SMILES string of the molecule is C=CCCOC(=O)NC(CSC)C(=O)NCCC#N. The summed E-state index contributed by atoms with van der Waals surface area (Å²) in [5, 5.41) is 13.5. The summed E-state index contributed by atoms with van der Waals surface area (Å²) in [5.74, 6) is 0.125. The standard InChI is InChI=1S/C12H19N3O3S/c1-3-4-8-18-12(17)15-10(9-19-2)11(16)14-7-5-6-13/h3,10H,1,4-5,7-9H2,2H3,(H,14,16)(H,15,17). The van der Waals surface area contributed by atoms with Gasteiger partial charge in [-0.15, -0.1) is 6.58 Å². The molecular formula is C12H19N3O3S. The lowest BCUT2D eigenvalue weighted by atomic mass is 10.3. The highest BCUT2D eigenvalue weighted by molar-refractivity contribution is 7.98. The number of thioether (sulfide) groups is 1. The molecule has 0 saturated carbocycles. The molecule has 0 saturated heterocycles. The van der Waals surface area contributed by atoms with Crippen LogP contribution in [-0.2, 0) is 9.53 Å². The molecule has 0 aromatic rings. The maximum Gasteiger partial charge on any atom is 0.407 e. The van der Waals surface area contributed by atoms with E-state index in [0.29, 0.717) is 12.2 Å². The smallest absolute Gasteiger partial charge is 0.407 e. The molecule has 7 heteroatoms. The van der Waals surface area contributed by atoms with Gasteiger partial charge in [0.2, 0.25) is 5.91 Å². The van der Waals surface area contributed by atoms with Gasteiger partial charge in [-0.05, 0) is 12.7 Å². The van der Waals surface area contributed by atoms with Gasteiger partial charge in [0, 0.05) is 12.3 Å². The summed E-state index contributed by atoms with van der Waals surface area (Å²) in [6.07, 6.45) is 3.65. The topological polar surface area (TPSA) is 91.2 Å².